The molecule has 0 fully saturated rings. The second-order valence-corrected chi connectivity index (χ2v) is 3.67. The molecule has 0 aliphatic heterocycles. The molecule has 0 atom stereocenters. The first kappa shape index (κ1) is 9.60. The number of rotatable bonds is 1. The molecule has 0 amide bonds. The van der Waals surface area contributed by atoms with Crippen LogP contribution >= 0.6 is 34.2 Å². The molecule has 0 bridgehead atoms. The maximum atomic E-state index is 11.1. The summed E-state index contributed by atoms with van der Waals surface area (Å²) in [7, 11) is 0. The highest BCUT2D eigenvalue weighted by Crippen LogP contribution is 2.25. The fraction of sp³-hybridized carbons (Fsp3) is 0. The first-order chi connectivity index (χ1) is 5.52. The zero-order valence-electron chi connectivity index (χ0n) is 5.67. The number of carbonyl (C=O) groups is 1. The number of carboxylic acid groups (broad SMARTS) is 1. The first-order valence-corrected chi connectivity index (χ1v) is 4.37. The fourth-order valence-electron chi connectivity index (χ4n) is 0.719. The lowest BCUT2D eigenvalue weighted by molar-refractivity contribution is -0.270. The molecule has 1 aromatic carbocycles. The van der Waals surface area contributed by atoms with E-state index in [0.29, 0.717) is 3.57 Å². The van der Waals surface area contributed by atoms with E-state index in [2.05, 4.69) is 0 Å². The first-order valence-electron chi connectivity index (χ1n) is 2.91. The van der Waals surface area contributed by atoms with Crippen molar-refractivity contribution in [1.82, 2.24) is 0 Å². The van der Waals surface area contributed by atoms with Gasteiger partial charge in [-0.1, -0.05) is 17.4 Å². The van der Waals surface area contributed by atoms with Crippen molar-refractivity contribution in [3.8, 4) is 5.75 Å². The van der Waals surface area contributed by atoms with E-state index >= 15 is 0 Å². The van der Waals surface area contributed by atoms with Gasteiger partial charge in [-0.25, -0.2) is 4.79 Å². The third-order valence-corrected chi connectivity index (χ3v) is 2.26. The summed E-state index contributed by atoms with van der Waals surface area (Å²) in [5.74, 6) is -1.74. The van der Waals surface area contributed by atoms with Crippen molar-refractivity contribution in [2.75, 3.05) is 0 Å². The van der Waals surface area contributed by atoms with Crippen molar-refractivity contribution in [1.29, 1.82) is 0 Å². The van der Waals surface area contributed by atoms with Crippen molar-refractivity contribution >= 4 is 40.2 Å². The van der Waals surface area contributed by atoms with Crippen LogP contribution in [0, 0.1) is 3.57 Å². The molecule has 0 aromatic heterocycles. The van der Waals surface area contributed by atoms with Crippen molar-refractivity contribution in [3.05, 3.63) is 26.3 Å². The second kappa shape index (κ2) is 3.49. The Morgan fingerprint density at radius 1 is 1.58 bits per heavy atom. The summed E-state index contributed by atoms with van der Waals surface area (Å²) in [5.41, 5.74) is -0.285. The number of aromatic carboxylic acids is 1. The van der Waals surface area contributed by atoms with E-state index in [1.807, 2.05) is 0 Å². The summed E-state index contributed by atoms with van der Waals surface area (Å²) >= 11 is 7.31. The molecule has 1 N–H and O–H groups in total. The van der Waals surface area contributed by atoms with E-state index in [1.165, 1.54) is 6.07 Å². The summed E-state index contributed by atoms with van der Waals surface area (Å²) in [4.78, 5) is 10.5. The zero-order valence-corrected chi connectivity index (χ0v) is 8.59. The lowest BCUT2D eigenvalue weighted by atomic mass is 10.2. The minimum Gasteiger partial charge on any atom is -0.871 e. The van der Waals surface area contributed by atoms with Crippen molar-refractivity contribution in [3.63, 3.8) is 0 Å². The molecule has 64 valence electrons. The van der Waals surface area contributed by atoms with Gasteiger partial charge in [0.1, 0.15) is 0 Å². The molecule has 12 heavy (non-hydrogen) atoms. The summed E-state index contributed by atoms with van der Waals surface area (Å²) < 4.78 is 0.317. The predicted octanol–water partition coefficient (Wildman–Crippen LogP) is 1.72. The largest absolute Gasteiger partial charge is 0.871 e. The van der Waals surface area contributed by atoms with Crippen molar-refractivity contribution < 1.29 is 15.0 Å². The van der Waals surface area contributed by atoms with E-state index in [-0.39, 0.29) is 10.6 Å². The van der Waals surface area contributed by atoms with Crippen LogP contribution in [0.3, 0.4) is 0 Å². The van der Waals surface area contributed by atoms with Crippen LogP contribution in [0.5, 0.6) is 5.75 Å². The monoisotopic (exact) mass is 297 g/mol. The quantitative estimate of drug-likeness (QED) is 0.803. The minimum atomic E-state index is -1.25. The molecule has 1 rings (SSSR count). The van der Waals surface area contributed by atoms with E-state index in [9.17, 15) is 9.90 Å². The molecule has 0 aliphatic rings. The highest BCUT2D eigenvalue weighted by Gasteiger charge is 2.06. The Kier molecular flexibility index (Phi) is 2.79. The van der Waals surface area contributed by atoms with Gasteiger partial charge in [0.2, 0.25) is 0 Å². The Balaban J connectivity index is 3.37. The molecule has 5 heteroatoms. The van der Waals surface area contributed by atoms with Gasteiger partial charge >= 0.3 is 5.97 Å². The molecule has 0 spiro atoms. The van der Waals surface area contributed by atoms with Crippen LogP contribution in [0.2, 0.25) is 5.02 Å². The molecular formula is C7H3ClIO3-. The number of halogens is 2. The average Bonchev–Trinajstić information content (AvgIpc) is 1.96. The van der Waals surface area contributed by atoms with Gasteiger partial charge in [-0.05, 0) is 34.7 Å². The molecule has 0 radical (unpaired) electrons. The van der Waals surface area contributed by atoms with Crippen LogP contribution in [0.4, 0.5) is 0 Å². The molecule has 0 aliphatic carbocycles. The highest BCUT2D eigenvalue weighted by molar-refractivity contribution is 14.1. The fourth-order valence-corrected chi connectivity index (χ4v) is 1.75. The molecule has 3 nitrogen and oxygen atoms in total. The van der Waals surface area contributed by atoms with Gasteiger partial charge in [0.25, 0.3) is 0 Å². The highest BCUT2D eigenvalue weighted by atomic mass is 127. The normalized spacial score (nSPS) is 9.83. The summed E-state index contributed by atoms with van der Waals surface area (Å²) in [5, 5.41) is 19.9. The van der Waals surface area contributed by atoms with Crippen molar-refractivity contribution in [2.24, 2.45) is 0 Å². The molecule has 0 unspecified atom stereocenters. The van der Waals surface area contributed by atoms with Crippen LogP contribution in [-0.2, 0) is 0 Å². The van der Waals surface area contributed by atoms with Gasteiger partial charge < -0.3 is 10.2 Å². The van der Waals surface area contributed by atoms with E-state index in [1.54, 1.807) is 22.6 Å². The number of carboxylic acids is 1. The smallest absolute Gasteiger partial charge is 0.335 e. The van der Waals surface area contributed by atoms with Gasteiger partial charge in [0.15, 0.2) is 0 Å². The Morgan fingerprint density at radius 2 is 2.17 bits per heavy atom. The van der Waals surface area contributed by atoms with Gasteiger partial charge in [-0.2, -0.15) is 0 Å². The molecule has 1 aromatic rings. The molecule has 0 saturated heterocycles. The SMILES string of the molecule is O=C(O)c1cc(Cl)cc(I)c1[O-]. The summed E-state index contributed by atoms with van der Waals surface area (Å²) in [6.07, 6.45) is 0. The van der Waals surface area contributed by atoms with Crippen LogP contribution < -0.4 is 5.11 Å². The topological polar surface area (TPSA) is 60.4 Å². The standard InChI is InChI=1S/C7H4ClIO3/c8-3-1-4(7(11)12)6(10)5(9)2-3/h1-2,10H,(H,11,12)/p-1. The lowest BCUT2D eigenvalue weighted by Gasteiger charge is -2.12. The summed E-state index contributed by atoms with van der Waals surface area (Å²) in [6, 6.07) is 2.57. The molecule has 0 heterocycles. The van der Waals surface area contributed by atoms with Gasteiger partial charge in [-0.15, -0.1) is 0 Å². The lowest BCUT2D eigenvalue weighted by Crippen LogP contribution is -2.05. The van der Waals surface area contributed by atoms with Crippen LogP contribution in [0.25, 0.3) is 0 Å². The Morgan fingerprint density at radius 3 is 2.67 bits per heavy atom. The minimum absolute atomic E-state index is 0.261. The second-order valence-electron chi connectivity index (χ2n) is 2.07. The van der Waals surface area contributed by atoms with Crippen LogP contribution in [0.15, 0.2) is 12.1 Å². The maximum absolute atomic E-state index is 11.1. The van der Waals surface area contributed by atoms with Gasteiger partial charge in [0, 0.05) is 8.59 Å². The third-order valence-electron chi connectivity index (χ3n) is 1.24. The van der Waals surface area contributed by atoms with Crippen molar-refractivity contribution in [2.45, 2.75) is 0 Å². The maximum Gasteiger partial charge on any atom is 0.335 e. The Bertz CT molecular complexity index is 338. The zero-order chi connectivity index (χ0) is 9.30. The average molecular weight is 297 g/mol. The number of benzene rings is 1. The van der Waals surface area contributed by atoms with E-state index in [0.717, 1.165) is 6.07 Å². The van der Waals surface area contributed by atoms with Gasteiger partial charge in [-0.3, -0.25) is 0 Å². The predicted molar refractivity (Wildman–Crippen MR) is 50.6 cm³/mol. The third kappa shape index (κ3) is 1.81. The Labute approximate surface area is 87.1 Å². The molecule has 0 saturated carbocycles. The number of hydrogen-bond acceptors (Lipinski definition) is 2. The van der Waals surface area contributed by atoms with E-state index in [4.69, 9.17) is 16.7 Å². The molecular weight excluding hydrogens is 294 g/mol. The van der Waals surface area contributed by atoms with Gasteiger partial charge in [0.05, 0.1) is 5.56 Å². The summed E-state index contributed by atoms with van der Waals surface area (Å²) in [6.45, 7) is 0. The Hall–Kier alpha value is -0.490. The van der Waals surface area contributed by atoms with Crippen LogP contribution in [0.1, 0.15) is 10.4 Å². The van der Waals surface area contributed by atoms with Crippen LogP contribution in [-0.4, -0.2) is 11.1 Å². The van der Waals surface area contributed by atoms with E-state index < -0.39 is 11.7 Å². The number of hydrogen-bond donors (Lipinski definition) is 1.